The number of carboxylic acid groups (broad SMARTS) is 1. The van der Waals surface area contributed by atoms with Crippen molar-refractivity contribution in [2.24, 2.45) is 0 Å². The van der Waals surface area contributed by atoms with Gasteiger partial charge in [0.25, 0.3) is 0 Å². The van der Waals surface area contributed by atoms with E-state index in [9.17, 15) is 32.3 Å². The van der Waals surface area contributed by atoms with Crippen LogP contribution >= 0.6 is 0 Å². The van der Waals surface area contributed by atoms with E-state index in [2.05, 4.69) is 0 Å². The van der Waals surface area contributed by atoms with Gasteiger partial charge in [0.1, 0.15) is 6.04 Å². The quantitative estimate of drug-likeness (QED) is 0.674. The molecule has 1 atom stereocenters. The number of carbonyl (C=O) groups excluding carboxylic acids is 1. The van der Waals surface area contributed by atoms with Crippen LogP contribution in [-0.4, -0.2) is 70.6 Å². The summed E-state index contributed by atoms with van der Waals surface area (Å²) in [6.45, 7) is 1.54. The van der Waals surface area contributed by atoms with Crippen molar-refractivity contribution in [1.29, 1.82) is 0 Å². The Kier molecular flexibility index (Phi) is 7.06. The van der Waals surface area contributed by atoms with Gasteiger partial charge in [-0.1, -0.05) is 12.1 Å². The molecular weight excluding hydrogens is 454 g/mol. The van der Waals surface area contributed by atoms with Crippen molar-refractivity contribution in [1.82, 2.24) is 14.7 Å². The minimum absolute atomic E-state index is 0.251. The molecule has 2 saturated heterocycles. The summed E-state index contributed by atoms with van der Waals surface area (Å²) in [4.78, 5) is 29.3. The molecule has 1 N–H and O–H groups in total. The van der Waals surface area contributed by atoms with Crippen LogP contribution in [0.15, 0.2) is 36.4 Å². The Balaban J connectivity index is 1.55. The summed E-state index contributed by atoms with van der Waals surface area (Å²) in [6, 6.07) is 5.43. The zero-order valence-electron chi connectivity index (χ0n) is 18.4. The van der Waals surface area contributed by atoms with Crippen LogP contribution in [0.2, 0.25) is 0 Å². The summed E-state index contributed by atoms with van der Waals surface area (Å²) in [6.07, 6.45) is 0.841. The smallest absolute Gasteiger partial charge is 0.407 e. The van der Waals surface area contributed by atoms with Crippen molar-refractivity contribution < 1.29 is 32.3 Å². The lowest BCUT2D eigenvalue weighted by Crippen LogP contribution is -2.57. The lowest BCUT2D eigenvalue weighted by Gasteiger charge is -2.42. The number of hydrogen-bond donors (Lipinski definition) is 1. The minimum atomic E-state index is -1.12. The second-order valence-corrected chi connectivity index (χ2v) is 8.60. The van der Waals surface area contributed by atoms with E-state index >= 15 is 0 Å². The zero-order valence-corrected chi connectivity index (χ0v) is 18.4. The summed E-state index contributed by atoms with van der Waals surface area (Å²) >= 11 is 0. The maximum Gasteiger partial charge on any atom is 0.407 e. The fourth-order valence-corrected chi connectivity index (χ4v) is 4.81. The number of carbonyl (C=O) groups is 2. The molecule has 2 aliphatic rings. The molecule has 34 heavy (non-hydrogen) atoms. The fourth-order valence-electron chi connectivity index (χ4n) is 4.81. The Hall–Kier alpha value is -3.14. The van der Waals surface area contributed by atoms with Gasteiger partial charge in [0.15, 0.2) is 23.3 Å². The number of nitrogens with zero attached hydrogens (tertiary/aromatic N) is 3. The monoisotopic (exact) mass is 479 g/mol. The van der Waals surface area contributed by atoms with Crippen LogP contribution in [0.25, 0.3) is 0 Å². The summed E-state index contributed by atoms with van der Waals surface area (Å²) in [7, 11) is 0. The second-order valence-electron chi connectivity index (χ2n) is 8.60. The number of halogens is 4. The number of benzene rings is 2. The number of likely N-dealkylation sites (tertiary alicyclic amines) is 1. The van der Waals surface area contributed by atoms with Crippen molar-refractivity contribution >= 4 is 12.0 Å². The molecule has 182 valence electrons. The summed E-state index contributed by atoms with van der Waals surface area (Å²) < 4.78 is 55.1. The maximum absolute atomic E-state index is 14.0. The lowest BCUT2D eigenvalue weighted by atomic mass is 9.95. The molecule has 0 spiro atoms. The first-order valence-corrected chi connectivity index (χ1v) is 11.2. The van der Waals surface area contributed by atoms with E-state index in [0.29, 0.717) is 43.6 Å². The molecule has 0 aliphatic carbocycles. The highest BCUT2D eigenvalue weighted by atomic mass is 19.2. The zero-order chi connectivity index (χ0) is 24.4. The van der Waals surface area contributed by atoms with E-state index < -0.39 is 41.4 Å². The molecule has 0 radical (unpaired) electrons. The van der Waals surface area contributed by atoms with Crippen LogP contribution in [0.1, 0.15) is 36.4 Å². The van der Waals surface area contributed by atoms with Crippen LogP contribution in [0.3, 0.4) is 0 Å². The molecule has 10 heteroatoms. The first-order valence-electron chi connectivity index (χ1n) is 11.2. The van der Waals surface area contributed by atoms with Gasteiger partial charge >= 0.3 is 6.09 Å². The molecule has 4 rings (SSSR count). The summed E-state index contributed by atoms with van der Waals surface area (Å²) in [5.41, 5.74) is 0.739. The van der Waals surface area contributed by atoms with E-state index in [1.54, 1.807) is 4.90 Å². The Bertz CT molecular complexity index is 1020. The average molecular weight is 479 g/mol. The van der Waals surface area contributed by atoms with Gasteiger partial charge in [-0.15, -0.1) is 0 Å². The third-order valence-electron chi connectivity index (χ3n) is 6.54. The molecule has 0 saturated carbocycles. The number of piperazine rings is 1. The predicted octanol–water partition coefficient (Wildman–Crippen LogP) is 4.01. The Labute approximate surface area is 194 Å². The first kappa shape index (κ1) is 24.0. The molecule has 1 unspecified atom stereocenters. The molecule has 2 aromatic carbocycles. The van der Waals surface area contributed by atoms with Crippen LogP contribution in [0.4, 0.5) is 22.4 Å². The molecule has 2 aromatic rings. The third kappa shape index (κ3) is 4.86. The molecule has 2 fully saturated rings. The largest absolute Gasteiger partial charge is 0.465 e. The standard InChI is InChI=1S/C24H25F4N3O3/c25-17-6-4-15(13-19(17)27)22(16-5-7-18(26)20(28)14-16)29-9-11-30(12-10-29)23(32)21-3-1-2-8-31(21)24(33)34/h4-7,13-14,21-22H,1-3,8-12H2,(H,33,34). The molecule has 2 amide bonds. The van der Waals surface area contributed by atoms with Crippen LogP contribution in [0, 0.1) is 23.3 Å². The number of rotatable bonds is 4. The normalized spacial score (nSPS) is 19.5. The Morgan fingerprint density at radius 1 is 0.794 bits per heavy atom. The van der Waals surface area contributed by atoms with Crippen molar-refractivity contribution in [3.63, 3.8) is 0 Å². The van der Waals surface area contributed by atoms with Crippen LogP contribution < -0.4 is 0 Å². The minimum Gasteiger partial charge on any atom is -0.465 e. The van der Waals surface area contributed by atoms with Gasteiger partial charge in [0.2, 0.25) is 5.91 Å². The van der Waals surface area contributed by atoms with E-state index in [0.717, 1.165) is 30.7 Å². The summed E-state index contributed by atoms with van der Waals surface area (Å²) in [5, 5.41) is 9.44. The van der Waals surface area contributed by atoms with Crippen molar-refractivity contribution in [3.05, 3.63) is 70.8 Å². The molecule has 2 aliphatic heterocycles. The lowest BCUT2D eigenvalue weighted by molar-refractivity contribution is -0.139. The van der Waals surface area contributed by atoms with Gasteiger partial charge in [0.05, 0.1) is 6.04 Å². The highest BCUT2D eigenvalue weighted by Crippen LogP contribution is 2.32. The average Bonchev–Trinajstić information content (AvgIpc) is 2.83. The SMILES string of the molecule is O=C(C1CCCCN1C(=O)O)N1CCN(C(c2ccc(F)c(F)c2)c2ccc(F)c(F)c2)CC1. The van der Waals surface area contributed by atoms with E-state index in [1.807, 2.05) is 4.90 Å². The summed E-state index contributed by atoms with van der Waals surface area (Å²) in [5.74, 6) is -4.38. The second kappa shape index (κ2) is 10.0. The van der Waals surface area contributed by atoms with Crippen LogP contribution in [-0.2, 0) is 4.79 Å². The van der Waals surface area contributed by atoms with Gasteiger partial charge < -0.3 is 10.0 Å². The fraction of sp³-hybridized carbons (Fsp3) is 0.417. The number of amides is 2. The first-order chi connectivity index (χ1) is 16.3. The van der Waals surface area contributed by atoms with E-state index in [-0.39, 0.29) is 19.0 Å². The van der Waals surface area contributed by atoms with Crippen molar-refractivity contribution in [3.8, 4) is 0 Å². The number of hydrogen-bond acceptors (Lipinski definition) is 3. The van der Waals surface area contributed by atoms with E-state index in [1.165, 1.54) is 17.0 Å². The van der Waals surface area contributed by atoms with E-state index in [4.69, 9.17) is 0 Å². The Morgan fingerprint density at radius 3 is 1.85 bits per heavy atom. The van der Waals surface area contributed by atoms with Crippen LogP contribution in [0.5, 0.6) is 0 Å². The van der Waals surface area contributed by atoms with Gasteiger partial charge in [-0.3, -0.25) is 14.6 Å². The predicted molar refractivity (Wildman–Crippen MR) is 115 cm³/mol. The van der Waals surface area contributed by atoms with Gasteiger partial charge in [-0.25, -0.2) is 22.4 Å². The number of piperidine rings is 1. The highest BCUT2D eigenvalue weighted by Gasteiger charge is 2.37. The van der Waals surface area contributed by atoms with Gasteiger partial charge in [-0.2, -0.15) is 0 Å². The van der Waals surface area contributed by atoms with Crippen molar-refractivity contribution in [2.75, 3.05) is 32.7 Å². The molecule has 6 nitrogen and oxygen atoms in total. The molecule has 0 aromatic heterocycles. The van der Waals surface area contributed by atoms with Crippen molar-refractivity contribution in [2.45, 2.75) is 31.3 Å². The Morgan fingerprint density at radius 2 is 1.35 bits per heavy atom. The van der Waals surface area contributed by atoms with Gasteiger partial charge in [0, 0.05) is 32.7 Å². The maximum atomic E-state index is 14.0. The topological polar surface area (TPSA) is 64.1 Å². The molecule has 2 heterocycles. The highest BCUT2D eigenvalue weighted by molar-refractivity contribution is 5.85. The molecular formula is C24H25F4N3O3. The van der Waals surface area contributed by atoms with Gasteiger partial charge in [-0.05, 0) is 54.7 Å². The molecule has 0 bridgehead atoms. The third-order valence-corrected chi connectivity index (χ3v) is 6.54.